The number of anilines is 2. The van der Waals surface area contributed by atoms with Crippen LogP contribution in [-0.4, -0.2) is 44.1 Å². The highest BCUT2D eigenvalue weighted by Gasteiger charge is 2.28. The number of aromatic amines is 1. The van der Waals surface area contributed by atoms with Crippen molar-refractivity contribution >= 4 is 17.8 Å². The quantitative estimate of drug-likeness (QED) is 0.851. The Bertz CT molecular complexity index is 750. The number of carbonyl (C=O) groups is 1. The van der Waals surface area contributed by atoms with Crippen LogP contribution in [0.2, 0.25) is 0 Å². The van der Waals surface area contributed by atoms with E-state index in [-0.39, 0.29) is 11.8 Å². The Labute approximate surface area is 153 Å². The minimum Gasteiger partial charge on any atom is -0.340 e. The minimum absolute atomic E-state index is 0.0471. The lowest BCUT2D eigenvalue weighted by atomic mass is 9.97. The highest BCUT2D eigenvalue weighted by atomic mass is 16.2. The van der Waals surface area contributed by atoms with Crippen LogP contribution in [0.4, 0.5) is 11.9 Å². The maximum atomic E-state index is 12.6. The maximum Gasteiger partial charge on any atom is 0.248 e. The third kappa shape index (κ3) is 4.56. The molecule has 2 aromatic rings. The molecule has 2 N–H and O–H groups in total. The van der Waals surface area contributed by atoms with Crippen LogP contribution in [-0.2, 0) is 11.2 Å². The van der Waals surface area contributed by atoms with Crippen LogP contribution in [0, 0.1) is 25.7 Å². The van der Waals surface area contributed by atoms with Crippen molar-refractivity contribution in [2.45, 2.75) is 47.0 Å². The topological polar surface area (TPSA) is 99.7 Å². The fourth-order valence-corrected chi connectivity index (χ4v) is 3.26. The van der Waals surface area contributed by atoms with E-state index in [1.165, 1.54) is 0 Å². The van der Waals surface area contributed by atoms with Crippen molar-refractivity contribution in [2.24, 2.45) is 11.8 Å². The van der Waals surface area contributed by atoms with E-state index in [9.17, 15) is 4.79 Å². The Morgan fingerprint density at radius 1 is 1.31 bits per heavy atom. The lowest BCUT2D eigenvalue weighted by Gasteiger charge is -2.32. The Morgan fingerprint density at radius 2 is 2.04 bits per heavy atom. The van der Waals surface area contributed by atoms with Gasteiger partial charge in [0.2, 0.25) is 17.8 Å². The second-order valence-corrected chi connectivity index (χ2v) is 7.43. The van der Waals surface area contributed by atoms with Gasteiger partial charge in [0, 0.05) is 30.9 Å². The summed E-state index contributed by atoms with van der Waals surface area (Å²) < 4.78 is 0. The molecule has 1 atom stereocenters. The monoisotopic (exact) mass is 357 g/mol. The molecule has 1 amide bonds. The van der Waals surface area contributed by atoms with Gasteiger partial charge in [-0.25, -0.2) is 9.97 Å². The van der Waals surface area contributed by atoms with Gasteiger partial charge in [0.05, 0.1) is 5.92 Å². The Hall–Kier alpha value is -2.51. The standard InChI is InChI=1S/C18H27N7O/c1-11(2)8-15-21-17(24-23-15)22-16(26)14-6-5-7-25(10-14)18-19-12(3)9-13(4)20-18/h9,11,14H,5-8,10H2,1-4H3,(H2,21,22,23,24,26)/t14-/m0/s1. The number of aryl methyl sites for hydroxylation is 2. The molecule has 0 saturated carbocycles. The number of hydrogen-bond donors (Lipinski definition) is 2. The SMILES string of the molecule is Cc1cc(C)nc(N2CCC[C@H](C(=O)Nc3n[nH]c(CC(C)C)n3)C2)n1. The van der Waals surface area contributed by atoms with Gasteiger partial charge in [-0.3, -0.25) is 15.2 Å². The lowest BCUT2D eigenvalue weighted by Crippen LogP contribution is -2.41. The third-order valence-electron chi connectivity index (χ3n) is 4.41. The number of hydrogen-bond acceptors (Lipinski definition) is 6. The van der Waals surface area contributed by atoms with Crippen molar-refractivity contribution < 1.29 is 4.79 Å². The van der Waals surface area contributed by atoms with E-state index in [0.29, 0.717) is 24.4 Å². The smallest absolute Gasteiger partial charge is 0.248 e. The molecule has 1 fully saturated rings. The molecule has 3 heterocycles. The fourth-order valence-electron chi connectivity index (χ4n) is 3.26. The van der Waals surface area contributed by atoms with Gasteiger partial charge in [-0.15, -0.1) is 5.10 Å². The Kier molecular flexibility index (Phi) is 5.49. The van der Waals surface area contributed by atoms with E-state index >= 15 is 0 Å². The highest BCUT2D eigenvalue weighted by molar-refractivity contribution is 5.91. The first-order chi connectivity index (χ1) is 12.4. The normalized spacial score (nSPS) is 17.6. The van der Waals surface area contributed by atoms with Crippen LogP contribution in [0.15, 0.2) is 6.07 Å². The van der Waals surface area contributed by atoms with Gasteiger partial charge in [0.15, 0.2) is 0 Å². The number of piperidine rings is 1. The average Bonchev–Trinajstić information content (AvgIpc) is 3.00. The Morgan fingerprint density at radius 3 is 2.73 bits per heavy atom. The zero-order chi connectivity index (χ0) is 18.7. The van der Waals surface area contributed by atoms with Crippen LogP contribution >= 0.6 is 0 Å². The number of H-pyrrole nitrogens is 1. The van der Waals surface area contributed by atoms with Crippen molar-refractivity contribution in [3.05, 3.63) is 23.3 Å². The summed E-state index contributed by atoms with van der Waals surface area (Å²) in [6.45, 7) is 9.64. The molecular formula is C18H27N7O. The molecule has 0 bridgehead atoms. The first kappa shape index (κ1) is 18.3. The summed E-state index contributed by atoms with van der Waals surface area (Å²) in [5.74, 6) is 2.16. The largest absolute Gasteiger partial charge is 0.340 e. The number of nitrogens with one attached hydrogen (secondary N) is 2. The van der Waals surface area contributed by atoms with Gasteiger partial charge in [-0.2, -0.15) is 4.98 Å². The van der Waals surface area contributed by atoms with Crippen molar-refractivity contribution in [3.8, 4) is 0 Å². The summed E-state index contributed by atoms with van der Waals surface area (Å²) in [4.78, 5) is 28.1. The number of rotatable bonds is 5. The van der Waals surface area contributed by atoms with Crippen LogP contribution in [0.1, 0.15) is 43.9 Å². The molecule has 0 aliphatic carbocycles. The molecule has 1 aliphatic rings. The third-order valence-corrected chi connectivity index (χ3v) is 4.41. The zero-order valence-corrected chi connectivity index (χ0v) is 15.9. The molecule has 8 nitrogen and oxygen atoms in total. The van der Waals surface area contributed by atoms with Gasteiger partial charge in [0.1, 0.15) is 5.82 Å². The predicted octanol–water partition coefficient (Wildman–Crippen LogP) is 2.27. The first-order valence-electron chi connectivity index (χ1n) is 9.20. The Balaban J connectivity index is 1.63. The number of aromatic nitrogens is 5. The molecule has 0 radical (unpaired) electrons. The van der Waals surface area contributed by atoms with Crippen molar-refractivity contribution in [3.63, 3.8) is 0 Å². The van der Waals surface area contributed by atoms with E-state index in [4.69, 9.17) is 0 Å². The molecule has 26 heavy (non-hydrogen) atoms. The fraction of sp³-hybridized carbons (Fsp3) is 0.611. The van der Waals surface area contributed by atoms with Crippen LogP contribution in [0.5, 0.6) is 0 Å². The summed E-state index contributed by atoms with van der Waals surface area (Å²) in [6.07, 6.45) is 2.58. The molecule has 2 aromatic heterocycles. The molecule has 0 spiro atoms. The molecule has 1 saturated heterocycles. The zero-order valence-electron chi connectivity index (χ0n) is 15.9. The van der Waals surface area contributed by atoms with Gasteiger partial charge in [0.25, 0.3) is 0 Å². The molecule has 8 heteroatoms. The van der Waals surface area contributed by atoms with Crippen LogP contribution in [0.3, 0.4) is 0 Å². The molecule has 0 aromatic carbocycles. The highest BCUT2D eigenvalue weighted by Crippen LogP contribution is 2.22. The maximum absolute atomic E-state index is 12.6. The number of carbonyl (C=O) groups excluding carboxylic acids is 1. The molecule has 140 valence electrons. The van der Waals surface area contributed by atoms with E-state index in [2.05, 4.69) is 49.2 Å². The molecule has 3 rings (SSSR count). The van der Waals surface area contributed by atoms with E-state index < -0.39 is 0 Å². The number of nitrogens with zero attached hydrogens (tertiary/aromatic N) is 5. The summed E-state index contributed by atoms with van der Waals surface area (Å²) >= 11 is 0. The second kappa shape index (κ2) is 7.80. The van der Waals surface area contributed by atoms with Gasteiger partial charge in [-0.05, 0) is 38.7 Å². The van der Waals surface area contributed by atoms with Crippen LogP contribution in [0.25, 0.3) is 0 Å². The molecular weight excluding hydrogens is 330 g/mol. The van der Waals surface area contributed by atoms with Crippen molar-refractivity contribution in [1.82, 2.24) is 25.1 Å². The van der Waals surface area contributed by atoms with E-state index in [1.54, 1.807) is 0 Å². The summed E-state index contributed by atoms with van der Waals surface area (Å²) in [5.41, 5.74) is 1.88. The van der Waals surface area contributed by atoms with Gasteiger partial charge >= 0.3 is 0 Å². The average molecular weight is 357 g/mol. The van der Waals surface area contributed by atoms with E-state index in [1.807, 2.05) is 19.9 Å². The summed E-state index contributed by atoms with van der Waals surface area (Å²) in [7, 11) is 0. The van der Waals surface area contributed by atoms with E-state index in [0.717, 1.165) is 43.0 Å². The minimum atomic E-state index is -0.125. The summed E-state index contributed by atoms with van der Waals surface area (Å²) in [5, 5.41) is 9.82. The predicted molar refractivity (Wildman–Crippen MR) is 100.0 cm³/mol. The van der Waals surface area contributed by atoms with Crippen molar-refractivity contribution in [2.75, 3.05) is 23.3 Å². The summed E-state index contributed by atoms with van der Waals surface area (Å²) in [6, 6.07) is 1.95. The first-order valence-corrected chi connectivity index (χ1v) is 9.20. The second-order valence-electron chi connectivity index (χ2n) is 7.43. The molecule has 1 aliphatic heterocycles. The lowest BCUT2D eigenvalue weighted by molar-refractivity contribution is -0.120. The number of amides is 1. The van der Waals surface area contributed by atoms with Crippen molar-refractivity contribution in [1.29, 1.82) is 0 Å². The van der Waals surface area contributed by atoms with Gasteiger partial charge in [-0.1, -0.05) is 13.8 Å². The molecule has 0 unspecified atom stereocenters. The van der Waals surface area contributed by atoms with Gasteiger partial charge < -0.3 is 4.90 Å². The van der Waals surface area contributed by atoms with Crippen LogP contribution < -0.4 is 10.2 Å².